The summed E-state index contributed by atoms with van der Waals surface area (Å²) in [5.74, 6) is 0. The average molecular weight is 320 g/mol. The molecule has 0 aliphatic carbocycles. The van der Waals surface area contributed by atoms with E-state index in [1.54, 1.807) is 0 Å². The first-order chi connectivity index (χ1) is 10.1. The molecule has 1 aromatic heterocycles. The zero-order chi connectivity index (χ0) is 14.8. The van der Waals surface area contributed by atoms with Crippen molar-refractivity contribution < 1.29 is 0 Å². The molecule has 0 fully saturated rings. The lowest BCUT2D eigenvalue weighted by Gasteiger charge is -2.15. The van der Waals surface area contributed by atoms with Gasteiger partial charge in [0, 0.05) is 22.6 Å². The third-order valence-corrected chi connectivity index (χ3v) is 4.19. The molecule has 2 aromatic carbocycles. The lowest BCUT2D eigenvalue weighted by atomic mass is 10.1. The number of hydrogen-bond donors (Lipinski definition) is 1. The van der Waals surface area contributed by atoms with Crippen molar-refractivity contribution in [2.45, 2.75) is 19.0 Å². The van der Waals surface area contributed by atoms with Crippen LogP contribution in [-0.2, 0) is 13.0 Å². The van der Waals surface area contributed by atoms with Crippen LogP contribution >= 0.6 is 23.2 Å². The van der Waals surface area contributed by atoms with E-state index in [0.29, 0.717) is 23.0 Å². The van der Waals surface area contributed by atoms with Gasteiger partial charge < -0.3 is 10.3 Å². The van der Waals surface area contributed by atoms with Gasteiger partial charge in [-0.3, -0.25) is 0 Å². The van der Waals surface area contributed by atoms with Crippen LogP contribution in [0.25, 0.3) is 11.0 Å². The van der Waals surface area contributed by atoms with Crippen molar-refractivity contribution in [3.63, 3.8) is 0 Å². The highest BCUT2D eigenvalue weighted by molar-refractivity contribution is 6.36. The van der Waals surface area contributed by atoms with Crippen LogP contribution in [-0.4, -0.2) is 15.6 Å². The highest BCUT2D eigenvalue weighted by Gasteiger charge is 2.12. The summed E-state index contributed by atoms with van der Waals surface area (Å²) in [6.45, 7) is 0.669. The van der Waals surface area contributed by atoms with Gasteiger partial charge in [-0.05, 0) is 36.2 Å². The molecule has 0 spiro atoms. The molecule has 1 unspecified atom stereocenters. The zero-order valence-corrected chi connectivity index (χ0v) is 12.8. The number of imidazole rings is 1. The van der Waals surface area contributed by atoms with Crippen molar-refractivity contribution in [2.24, 2.45) is 5.73 Å². The minimum absolute atomic E-state index is 0.0833. The van der Waals surface area contributed by atoms with Crippen molar-refractivity contribution in [2.75, 3.05) is 0 Å². The Labute approximate surface area is 133 Å². The van der Waals surface area contributed by atoms with E-state index in [0.717, 1.165) is 16.6 Å². The number of fused-ring (bicyclic) bond motifs is 1. The van der Waals surface area contributed by atoms with Gasteiger partial charge in [0.15, 0.2) is 0 Å². The number of aromatic nitrogens is 2. The molecule has 3 nitrogen and oxygen atoms in total. The van der Waals surface area contributed by atoms with E-state index in [1.807, 2.05) is 48.8 Å². The van der Waals surface area contributed by atoms with Crippen molar-refractivity contribution in [3.8, 4) is 0 Å². The second-order valence-corrected chi connectivity index (χ2v) is 5.86. The standard InChI is InChI=1S/C16H15Cl2N3/c17-13-4-3-5-14(18)12(13)8-11(19)9-21-10-20-15-6-1-2-7-16(15)21/h1-7,10-11H,8-9,19H2. The Balaban J connectivity index is 1.79. The predicted molar refractivity (Wildman–Crippen MR) is 87.9 cm³/mol. The summed E-state index contributed by atoms with van der Waals surface area (Å²) in [5, 5.41) is 1.32. The third kappa shape index (κ3) is 3.05. The van der Waals surface area contributed by atoms with E-state index in [2.05, 4.69) is 9.55 Å². The van der Waals surface area contributed by atoms with Crippen LogP contribution in [0.3, 0.4) is 0 Å². The summed E-state index contributed by atoms with van der Waals surface area (Å²) >= 11 is 12.4. The van der Waals surface area contributed by atoms with Gasteiger partial charge in [-0.2, -0.15) is 0 Å². The number of benzene rings is 2. The van der Waals surface area contributed by atoms with Gasteiger partial charge in [0.1, 0.15) is 0 Å². The van der Waals surface area contributed by atoms with Crippen LogP contribution in [0, 0.1) is 0 Å². The van der Waals surface area contributed by atoms with Crippen LogP contribution in [0.5, 0.6) is 0 Å². The van der Waals surface area contributed by atoms with Crippen molar-refractivity contribution >= 4 is 34.2 Å². The summed E-state index contributed by atoms with van der Waals surface area (Å²) in [5.41, 5.74) is 9.21. The molecule has 0 aliphatic rings. The van der Waals surface area contributed by atoms with Crippen LogP contribution in [0.1, 0.15) is 5.56 Å². The van der Waals surface area contributed by atoms with Gasteiger partial charge in [-0.25, -0.2) is 4.98 Å². The maximum atomic E-state index is 6.26. The Bertz CT molecular complexity index is 747. The Morgan fingerprint density at radius 2 is 1.76 bits per heavy atom. The fourth-order valence-electron chi connectivity index (χ4n) is 2.46. The predicted octanol–water partition coefficient (Wildman–Crippen LogP) is 3.91. The van der Waals surface area contributed by atoms with Gasteiger partial charge in [-0.1, -0.05) is 41.4 Å². The van der Waals surface area contributed by atoms with E-state index >= 15 is 0 Å². The second-order valence-electron chi connectivity index (χ2n) is 5.05. The normalized spacial score (nSPS) is 12.7. The van der Waals surface area contributed by atoms with Gasteiger partial charge in [-0.15, -0.1) is 0 Å². The van der Waals surface area contributed by atoms with Gasteiger partial charge in [0.25, 0.3) is 0 Å². The molecule has 0 amide bonds. The Morgan fingerprint density at radius 1 is 1.05 bits per heavy atom. The fraction of sp³-hybridized carbons (Fsp3) is 0.188. The van der Waals surface area contributed by atoms with Crippen LogP contribution in [0.4, 0.5) is 0 Å². The molecule has 5 heteroatoms. The van der Waals surface area contributed by atoms with Crippen molar-refractivity contribution in [1.82, 2.24) is 9.55 Å². The van der Waals surface area contributed by atoms with E-state index in [-0.39, 0.29) is 6.04 Å². The first-order valence-electron chi connectivity index (χ1n) is 6.73. The molecule has 0 bridgehead atoms. The maximum Gasteiger partial charge on any atom is 0.0958 e. The van der Waals surface area contributed by atoms with E-state index < -0.39 is 0 Å². The number of rotatable bonds is 4. The monoisotopic (exact) mass is 319 g/mol. The molecular weight excluding hydrogens is 305 g/mol. The van der Waals surface area contributed by atoms with Crippen LogP contribution in [0.2, 0.25) is 10.0 Å². The van der Waals surface area contributed by atoms with E-state index in [4.69, 9.17) is 28.9 Å². The molecule has 0 radical (unpaired) electrons. The lowest BCUT2D eigenvalue weighted by Crippen LogP contribution is -2.28. The molecule has 1 heterocycles. The minimum Gasteiger partial charge on any atom is -0.329 e. The summed E-state index contributed by atoms with van der Waals surface area (Å²) in [7, 11) is 0. The molecular formula is C16H15Cl2N3. The van der Waals surface area contributed by atoms with Gasteiger partial charge in [0.05, 0.1) is 17.4 Å². The summed E-state index contributed by atoms with van der Waals surface area (Å²) in [6, 6.07) is 13.4. The van der Waals surface area contributed by atoms with Crippen LogP contribution < -0.4 is 5.73 Å². The van der Waals surface area contributed by atoms with Crippen molar-refractivity contribution in [1.29, 1.82) is 0 Å². The Kier molecular flexibility index (Phi) is 4.15. The summed E-state index contributed by atoms with van der Waals surface area (Å²) in [4.78, 5) is 4.37. The average Bonchev–Trinajstić information content (AvgIpc) is 2.87. The smallest absolute Gasteiger partial charge is 0.0958 e. The number of nitrogens with zero attached hydrogens (tertiary/aromatic N) is 2. The van der Waals surface area contributed by atoms with E-state index in [1.165, 1.54) is 0 Å². The second kappa shape index (κ2) is 6.06. The van der Waals surface area contributed by atoms with Crippen LogP contribution in [0.15, 0.2) is 48.8 Å². The number of hydrogen-bond acceptors (Lipinski definition) is 2. The van der Waals surface area contributed by atoms with Gasteiger partial charge in [0.2, 0.25) is 0 Å². The molecule has 3 aromatic rings. The third-order valence-electron chi connectivity index (χ3n) is 3.49. The molecule has 1 atom stereocenters. The fourth-order valence-corrected chi connectivity index (χ4v) is 3.01. The largest absolute Gasteiger partial charge is 0.329 e. The molecule has 0 saturated carbocycles. The Hall–Kier alpha value is -1.55. The molecule has 21 heavy (non-hydrogen) atoms. The topological polar surface area (TPSA) is 43.8 Å². The summed E-state index contributed by atoms with van der Waals surface area (Å²) in [6.07, 6.45) is 2.45. The quantitative estimate of drug-likeness (QED) is 0.792. The number of para-hydroxylation sites is 2. The highest BCUT2D eigenvalue weighted by Crippen LogP contribution is 2.25. The SMILES string of the molecule is NC(Cc1c(Cl)cccc1Cl)Cn1cnc2ccccc21. The highest BCUT2D eigenvalue weighted by atomic mass is 35.5. The zero-order valence-electron chi connectivity index (χ0n) is 11.3. The first kappa shape index (κ1) is 14.4. The Morgan fingerprint density at radius 3 is 2.52 bits per heavy atom. The van der Waals surface area contributed by atoms with Crippen molar-refractivity contribution in [3.05, 3.63) is 64.4 Å². The lowest BCUT2D eigenvalue weighted by molar-refractivity contribution is 0.559. The van der Waals surface area contributed by atoms with E-state index in [9.17, 15) is 0 Å². The molecule has 2 N–H and O–H groups in total. The minimum atomic E-state index is -0.0833. The summed E-state index contributed by atoms with van der Waals surface area (Å²) < 4.78 is 2.06. The number of nitrogens with two attached hydrogens (primary N) is 1. The maximum absolute atomic E-state index is 6.26. The molecule has 0 aliphatic heterocycles. The molecule has 3 rings (SSSR count). The first-order valence-corrected chi connectivity index (χ1v) is 7.49. The van der Waals surface area contributed by atoms with Gasteiger partial charge >= 0.3 is 0 Å². The number of halogens is 2. The molecule has 108 valence electrons. The molecule has 0 saturated heterocycles.